The molecule has 0 unspecified atom stereocenters. The highest BCUT2D eigenvalue weighted by Gasteiger charge is 2.09. The number of benzene rings is 1. The van der Waals surface area contributed by atoms with E-state index in [0.29, 0.717) is 22.4 Å². The molecular weight excluding hydrogens is 359 g/mol. The standard InChI is InChI=1S/C18H16Cl2N4O/c1-2-21-18(25)10-24-17-7-14(15(20)9-23-17)12-5-11-3-4-13(19)6-16(11)22-8-12/h3-9H,2,10H2,1H3,(H,21,25)(H,23,24). The van der Waals surface area contributed by atoms with Crippen LogP contribution >= 0.6 is 23.2 Å². The van der Waals surface area contributed by atoms with Crippen LogP contribution in [0.2, 0.25) is 10.0 Å². The van der Waals surface area contributed by atoms with Crippen LogP contribution in [0.25, 0.3) is 22.0 Å². The summed E-state index contributed by atoms with van der Waals surface area (Å²) in [7, 11) is 0. The van der Waals surface area contributed by atoms with Gasteiger partial charge in [0.05, 0.1) is 17.1 Å². The largest absolute Gasteiger partial charge is 0.361 e. The predicted octanol–water partition coefficient (Wildman–Crippen LogP) is 4.15. The van der Waals surface area contributed by atoms with Gasteiger partial charge in [-0.2, -0.15) is 0 Å². The zero-order valence-corrected chi connectivity index (χ0v) is 15.0. The Morgan fingerprint density at radius 3 is 2.76 bits per heavy atom. The Morgan fingerprint density at radius 1 is 1.12 bits per heavy atom. The maximum absolute atomic E-state index is 11.6. The molecule has 0 spiro atoms. The minimum atomic E-state index is -0.0925. The average molecular weight is 375 g/mol. The third-order valence-corrected chi connectivity index (χ3v) is 4.15. The Balaban J connectivity index is 1.89. The fourth-order valence-corrected chi connectivity index (χ4v) is 2.81. The summed E-state index contributed by atoms with van der Waals surface area (Å²) in [5, 5.41) is 7.84. The average Bonchev–Trinajstić information content (AvgIpc) is 2.61. The minimum absolute atomic E-state index is 0.0925. The monoisotopic (exact) mass is 374 g/mol. The van der Waals surface area contributed by atoms with Crippen molar-refractivity contribution in [2.24, 2.45) is 0 Å². The van der Waals surface area contributed by atoms with Gasteiger partial charge in [-0.15, -0.1) is 0 Å². The molecule has 2 heterocycles. The zero-order valence-electron chi connectivity index (χ0n) is 13.5. The maximum Gasteiger partial charge on any atom is 0.239 e. The van der Waals surface area contributed by atoms with E-state index < -0.39 is 0 Å². The van der Waals surface area contributed by atoms with Crippen LogP contribution in [0.4, 0.5) is 5.82 Å². The van der Waals surface area contributed by atoms with Crippen LogP contribution in [0.1, 0.15) is 6.92 Å². The lowest BCUT2D eigenvalue weighted by atomic mass is 10.1. The number of carbonyl (C=O) groups excluding carboxylic acids is 1. The number of hydrogen-bond donors (Lipinski definition) is 2. The second-order valence-electron chi connectivity index (χ2n) is 5.42. The zero-order chi connectivity index (χ0) is 17.8. The van der Waals surface area contributed by atoms with Gasteiger partial charge in [0, 0.05) is 40.5 Å². The number of nitrogens with one attached hydrogen (secondary N) is 2. The van der Waals surface area contributed by atoms with E-state index in [1.165, 1.54) is 0 Å². The molecule has 5 nitrogen and oxygen atoms in total. The molecule has 0 aliphatic rings. The molecule has 3 rings (SSSR count). The van der Waals surface area contributed by atoms with E-state index >= 15 is 0 Å². The molecule has 0 radical (unpaired) electrons. The molecule has 0 saturated heterocycles. The van der Waals surface area contributed by atoms with E-state index in [-0.39, 0.29) is 12.5 Å². The summed E-state index contributed by atoms with van der Waals surface area (Å²) in [6, 6.07) is 9.35. The van der Waals surface area contributed by atoms with Crippen LogP contribution in [-0.2, 0) is 4.79 Å². The molecular formula is C18H16Cl2N4O. The number of amides is 1. The molecule has 0 aliphatic heterocycles. The lowest BCUT2D eigenvalue weighted by molar-refractivity contribution is -0.119. The molecule has 2 N–H and O–H groups in total. The number of pyridine rings is 2. The number of carbonyl (C=O) groups is 1. The van der Waals surface area contributed by atoms with Crippen LogP contribution < -0.4 is 10.6 Å². The summed E-state index contributed by atoms with van der Waals surface area (Å²) in [5.41, 5.74) is 2.47. The Labute approximate surface area is 155 Å². The van der Waals surface area contributed by atoms with Crippen molar-refractivity contribution in [1.82, 2.24) is 15.3 Å². The molecule has 0 atom stereocenters. The summed E-state index contributed by atoms with van der Waals surface area (Å²) in [6.07, 6.45) is 3.30. The number of halogens is 2. The van der Waals surface area contributed by atoms with E-state index in [1.807, 2.05) is 31.2 Å². The Morgan fingerprint density at radius 2 is 1.96 bits per heavy atom. The van der Waals surface area contributed by atoms with E-state index in [2.05, 4.69) is 20.6 Å². The molecule has 7 heteroatoms. The smallest absolute Gasteiger partial charge is 0.239 e. The van der Waals surface area contributed by atoms with Crippen LogP contribution in [-0.4, -0.2) is 29.0 Å². The van der Waals surface area contributed by atoms with Crippen molar-refractivity contribution < 1.29 is 4.79 Å². The Bertz CT molecular complexity index is 930. The summed E-state index contributed by atoms with van der Waals surface area (Å²) in [4.78, 5) is 20.2. The van der Waals surface area contributed by atoms with Crippen LogP contribution in [0.15, 0.2) is 42.7 Å². The van der Waals surface area contributed by atoms with Crippen LogP contribution in [0.5, 0.6) is 0 Å². The van der Waals surface area contributed by atoms with Crippen LogP contribution in [0.3, 0.4) is 0 Å². The van der Waals surface area contributed by atoms with E-state index in [9.17, 15) is 4.79 Å². The fraction of sp³-hybridized carbons (Fsp3) is 0.167. The van der Waals surface area contributed by atoms with Gasteiger partial charge in [-0.3, -0.25) is 9.78 Å². The summed E-state index contributed by atoms with van der Waals surface area (Å²) >= 11 is 12.3. The van der Waals surface area contributed by atoms with E-state index in [1.54, 1.807) is 18.5 Å². The van der Waals surface area contributed by atoms with Gasteiger partial charge in [0.15, 0.2) is 0 Å². The Hall–Kier alpha value is -2.37. The molecule has 25 heavy (non-hydrogen) atoms. The van der Waals surface area contributed by atoms with Gasteiger partial charge < -0.3 is 10.6 Å². The van der Waals surface area contributed by atoms with Gasteiger partial charge in [0.25, 0.3) is 0 Å². The van der Waals surface area contributed by atoms with Crippen LogP contribution in [0, 0.1) is 0 Å². The van der Waals surface area contributed by atoms with Gasteiger partial charge in [0.1, 0.15) is 5.82 Å². The second-order valence-corrected chi connectivity index (χ2v) is 6.26. The number of fused-ring (bicyclic) bond motifs is 1. The van der Waals surface area contributed by atoms with Crippen molar-refractivity contribution in [3.63, 3.8) is 0 Å². The first kappa shape index (κ1) is 17.5. The predicted molar refractivity (Wildman–Crippen MR) is 102 cm³/mol. The molecule has 0 fully saturated rings. The third-order valence-electron chi connectivity index (χ3n) is 3.62. The number of anilines is 1. The van der Waals surface area contributed by atoms with Gasteiger partial charge in [-0.1, -0.05) is 29.3 Å². The Kier molecular flexibility index (Phi) is 5.36. The fourth-order valence-electron chi connectivity index (χ4n) is 2.43. The quantitative estimate of drug-likeness (QED) is 0.703. The molecule has 3 aromatic rings. The minimum Gasteiger partial charge on any atom is -0.361 e. The molecule has 128 valence electrons. The van der Waals surface area contributed by atoms with Gasteiger partial charge in [-0.25, -0.2) is 4.98 Å². The first-order valence-electron chi connectivity index (χ1n) is 7.78. The number of aromatic nitrogens is 2. The molecule has 0 bridgehead atoms. The van der Waals surface area contributed by atoms with Crippen molar-refractivity contribution in [3.05, 3.63) is 52.8 Å². The maximum atomic E-state index is 11.6. The molecule has 2 aromatic heterocycles. The highest BCUT2D eigenvalue weighted by atomic mass is 35.5. The molecule has 1 aromatic carbocycles. The van der Waals surface area contributed by atoms with Crippen molar-refractivity contribution in [2.45, 2.75) is 6.92 Å². The number of hydrogen-bond acceptors (Lipinski definition) is 4. The highest BCUT2D eigenvalue weighted by Crippen LogP contribution is 2.31. The number of nitrogens with zero attached hydrogens (tertiary/aromatic N) is 2. The molecule has 0 saturated carbocycles. The van der Waals surface area contributed by atoms with Gasteiger partial charge >= 0.3 is 0 Å². The van der Waals surface area contributed by atoms with Crippen molar-refractivity contribution in [2.75, 3.05) is 18.4 Å². The van der Waals surface area contributed by atoms with Crippen molar-refractivity contribution in [3.8, 4) is 11.1 Å². The lowest BCUT2D eigenvalue weighted by Crippen LogP contribution is -2.29. The first-order chi connectivity index (χ1) is 12.1. The van der Waals surface area contributed by atoms with Crippen molar-refractivity contribution >= 4 is 45.8 Å². The third kappa shape index (κ3) is 4.18. The van der Waals surface area contributed by atoms with E-state index in [0.717, 1.165) is 22.0 Å². The topological polar surface area (TPSA) is 66.9 Å². The summed E-state index contributed by atoms with van der Waals surface area (Å²) in [5.74, 6) is 0.479. The lowest BCUT2D eigenvalue weighted by Gasteiger charge is -2.10. The molecule has 0 aliphatic carbocycles. The summed E-state index contributed by atoms with van der Waals surface area (Å²) in [6.45, 7) is 2.61. The highest BCUT2D eigenvalue weighted by molar-refractivity contribution is 6.33. The first-order valence-corrected chi connectivity index (χ1v) is 8.54. The molecule has 1 amide bonds. The van der Waals surface area contributed by atoms with Gasteiger partial charge in [0.2, 0.25) is 5.91 Å². The van der Waals surface area contributed by atoms with Gasteiger partial charge in [-0.05, 0) is 31.2 Å². The van der Waals surface area contributed by atoms with Crippen molar-refractivity contribution in [1.29, 1.82) is 0 Å². The second kappa shape index (κ2) is 7.68. The van der Waals surface area contributed by atoms with E-state index in [4.69, 9.17) is 23.2 Å². The number of likely N-dealkylation sites (N-methyl/N-ethyl adjacent to an activating group) is 1. The SMILES string of the molecule is CCNC(=O)CNc1cc(-c2cnc3cc(Cl)ccc3c2)c(Cl)cn1. The number of rotatable bonds is 5. The normalized spacial score (nSPS) is 10.7. The summed E-state index contributed by atoms with van der Waals surface area (Å²) < 4.78 is 0.